The van der Waals surface area contributed by atoms with Crippen molar-refractivity contribution < 1.29 is 44.3 Å². The Morgan fingerprint density at radius 3 is 2.58 bits per heavy atom. The minimum Gasteiger partial charge on any atom is -1.00 e. The Bertz CT molecular complexity index is 1100. The summed E-state index contributed by atoms with van der Waals surface area (Å²) in [6, 6.07) is 15.1. The van der Waals surface area contributed by atoms with Gasteiger partial charge in [0, 0.05) is 30.6 Å². The van der Waals surface area contributed by atoms with Crippen LogP contribution in [-0.2, 0) is 16.6 Å². The number of nitrogens with one attached hydrogen (secondary N) is 1. The first-order chi connectivity index (χ1) is 17.5. The molecule has 2 saturated heterocycles. The Labute approximate surface area is 243 Å². The van der Waals surface area contributed by atoms with Crippen molar-refractivity contribution in [2.24, 2.45) is 11.8 Å². The third kappa shape index (κ3) is 5.46. The molecule has 4 aliphatic rings. The van der Waals surface area contributed by atoms with Gasteiger partial charge < -0.3 is 35.0 Å². The van der Waals surface area contributed by atoms with E-state index in [9.17, 15) is 9.18 Å². The Kier molecular flexibility index (Phi) is 9.66. The summed E-state index contributed by atoms with van der Waals surface area (Å²) < 4.78 is 14.1. The summed E-state index contributed by atoms with van der Waals surface area (Å²) in [7, 11) is 0. The summed E-state index contributed by atoms with van der Waals surface area (Å²) in [6.45, 7) is 2.62. The van der Waals surface area contributed by atoms with Crippen LogP contribution in [0.3, 0.4) is 0 Å². The number of aromatic nitrogens is 1. The number of pyridine rings is 1. The molecule has 1 spiro atoms. The number of fused-ring (bicyclic) bond motifs is 2. The molecule has 2 aromatic rings. The van der Waals surface area contributed by atoms with Gasteiger partial charge in [0.25, 0.3) is 5.15 Å². The zero-order valence-corrected chi connectivity index (χ0v) is 24.1. The van der Waals surface area contributed by atoms with Crippen LogP contribution in [0.1, 0.15) is 74.1 Å². The van der Waals surface area contributed by atoms with Crippen LogP contribution in [0.5, 0.6) is 0 Å². The molecular formula is C30H39Cl3FN3O. The minimum absolute atomic E-state index is 0. The molecular weight excluding hydrogens is 544 g/mol. The number of nitrogens with zero attached hydrogens (tertiary/aromatic N) is 1. The van der Waals surface area contributed by atoms with E-state index in [2.05, 4.69) is 51.6 Å². The highest BCUT2D eigenvalue weighted by molar-refractivity contribution is 6.28. The van der Waals surface area contributed by atoms with Gasteiger partial charge in [-0.1, -0.05) is 30.3 Å². The molecule has 2 unspecified atom stereocenters. The molecule has 3 heterocycles. The number of carbonyl (C=O) groups is 1. The van der Waals surface area contributed by atoms with Crippen molar-refractivity contribution in [2.75, 3.05) is 19.6 Å². The molecule has 2 aliphatic carbocycles. The van der Waals surface area contributed by atoms with Gasteiger partial charge in [-0.15, -0.1) is 0 Å². The number of carbonyl (C=O) groups excluding carboxylic acids is 1. The molecule has 1 aromatic heterocycles. The van der Waals surface area contributed by atoms with Gasteiger partial charge in [0.1, 0.15) is 12.1 Å². The monoisotopic (exact) mass is 581 g/mol. The lowest BCUT2D eigenvalue weighted by molar-refractivity contribution is -0.640. The van der Waals surface area contributed by atoms with Gasteiger partial charge in [-0.2, -0.15) is 4.98 Å². The van der Waals surface area contributed by atoms with Crippen LogP contribution >= 0.6 is 11.6 Å². The number of H-pyrrole nitrogens is 1. The van der Waals surface area contributed by atoms with Crippen LogP contribution in [0.2, 0.25) is 5.15 Å². The molecule has 208 valence electrons. The molecule has 2 aliphatic heterocycles. The summed E-state index contributed by atoms with van der Waals surface area (Å²) in [5, 5.41) is 3.02. The zero-order chi connectivity index (χ0) is 24.7. The van der Waals surface area contributed by atoms with E-state index in [4.69, 9.17) is 11.6 Å². The largest absolute Gasteiger partial charge is 1.00 e. The predicted molar refractivity (Wildman–Crippen MR) is 139 cm³/mol. The van der Waals surface area contributed by atoms with Crippen molar-refractivity contribution in [1.82, 2.24) is 4.90 Å². The number of quaternary nitrogens is 1. The maximum Gasteiger partial charge on any atom is 0.273 e. The molecule has 1 aromatic carbocycles. The van der Waals surface area contributed by atoms with Gasteiger partial charge in [0.05, 0.1) is 18.5 Å². The van der Waals surface area contributed by atoms with E-state index in [1.165, 1.54) is 16.8 Å². The Morgan fingerprint density at radius 1 is 1.05 bits per heavy atom. The fourth-order valence-corrected chi connectivity index (χ4v) is 8.26. The number of nitrogens with two attached hydrogens (primary N) is 1. The smallest absolute Gasteiger partial charge is 0.273 e. The molecule has 4 atom stereocenters. The van der Waals surface area contributed by atoms with Gasteiger partial charge >= 0.3 is 0 Å². The Hall–Kier alpha value is -1.40. The van der Waals surface area contributed by atoms with Crippen LogP contribution in [0.4, 0.5) is 4.39 Å². The number of piperidine rings is 1. The zero-order valence-electron chi connectivity index (χ0n) is 21.9. The Morgan fingerprint density at radius 2 is 1.82 bits per heavy atom. The van der Waals surface area contributed by atoms with Crippen molar-refractivity contribution in [3.05, 3.63) is 64.4 Å². The molecule has 6 rings (SSSR count). The molecule has 1 amide bonds. The molecule has 3 fully saturated rings. The number of amides is 1. The van der Waals surface area contributed by atoms with E-state index in [0.717, 1.165) is 64.6 Å². The number of alkyl halides is 1. The maximum atomic E-state index is 14.5. The molecule has 38 heavy (non-hydrogen) atoms. The molecule has 3 N–H and O–H groups in total. The Balaban J connectivity index is 0.00000168. The van der Waals surface area contributed by atoms with E-state index in [0.29, 0.717) is 35.7 Å². The number of rotatable bonds is 3. The van der Waals surface area contributed by atoms with Crippen molar-refractivity contribution in [3.63, 3.8) is 0 Å². The van der Waals surface area contributed by atoms with Crippen molar-refractivity contribution in [2.45, 2.75) is 81.3 Å². The van der Waals surface area contributed by atoms with Crippen LogP contribution in [0, 0.1) is 11.8 Å². The molecule has 4 nitrogen and oxygen atoms in total. The highest BCUT2D eigenvalue weighted by atomic mass is 35.5. The summed E-state index contributed by atoms with van der Waals surface area (Å²) in [5.41, 5.74) is 3.78. The highest BCUT2D eigenvalue weighted by Gasteiger charge is 2.56. The van der Waals surface area contributed by atoms with E-state index in [-0.39, 0.29) is 42.2 Å². The average Bonchev–Trinajstić information content (AvgIpc) is 3.32. The highest BCUT2D eigenvalue weighted by Crippen LogP contribution is 2.46. The number of hydrogen-bond acceptors (Lipinski definition) is 1. The summed E-state index contributed by atoms with van der Waals surface area (Å²) in [4.78, 5) is 20.2. The number of likely N-dealkylation sites (tertiary alicyclic amines) is 1. The summed E-state index contributed by atoms with van der Waals surface area (Å²) in [6.07, 6.45) is 7.56. The number of hydrogen-bond donors (Lipinski definition) is 1. The van der Waals surface area contributed by atoms with Crippen molar-refractivity contribution >= 4 is 17.5 Å². The topological polar surface area (TPSA) is 51.1 Å². The van der Waals surface area contributed by atoms with Crippen LogP contribution in [0.15, 0.2) is 42.5 Å². The first-order valence-electron chi connectivity index (χ1n) is 14.1. The van der Waals surface area contributed by atoms with Crippen molar-refractivity contribution in [3.8, 4) is 0 Å². The van der Waals surface area contributed by atoms with Gasteiger partial charge in [-0.05, 0) is 86.4 Å². The van der Waals surface area contributed by atoms with Gasteiger partial charge in [-0.25, -0.2) is 4.39 Å². The van der Waals surface area contributed by atoms with E-state index >= 15 is 0 Å². The van der Waals surface area contributed by atoms with Gasteiger partial charge in [-0.3, -0.25) is 4.79 Å². The predicted octanol–water partition coefficient (Wildman–Crippen LogP) is -1.77. The SMILES string of the molecule is O=C(C1C[NH2+]C[C@]12CCCc1[nH+]c(Cl)ccc12)N1CC[C@H](c2ccccc2)CC1C1CCC(F)CC1.[Cl-].[Cl-]. The fourth-order valence-electron chi connectivity index (χ4n) is 8.09. The lowest BCUT2D eigenvalue weighted by atomic mass is 9.64. The second-order valence-corrected chi connectivity index (χ2v) is 12.1. The third-order valence-corrected chi connectivity index (χ3v) is 10.1. The molecule has 8 heteroatoms. The molecule has 1 saturated carbocycles. The second-order valence-electron chi connectivity index (χ2n) is 11.7. The standard InChI is InChI=1S/C30H37ClFN3O.2ClH/c31-28-13-12-24-26(34-28)7-4-15-30(24)19-33-18-25(30)29(36)35-16-14-22(20-5-2-1-3-6-20)17-27(35)21-8-10-23(32)11-9-21;;/h1-3,5-6,12-13,21-23,25,27,33H,4,7-11,14-19H2;2*1H/t21?,22-,23?,25?,27?,30-;;/m0../s1. The van der Waals surface area contributed by atoms with Crippen LogP contribution in [0.25, 0.3) is 0 Å². The first kappa shape index (κ1) is 29.6. The number of aromatic amines is 1. The van der Waals surface area contributed by atoms with Gasteiger partial charge in [0.15, 0.2) is 5.69 Å². The number of benzene rings is 1. The molecule has 0 radical (unpaired) electrons. The van der Waals surface area contributed by atoms with Crippen LogP contribution in [-0.4, -0.2) is 42.7 Å². The molecule has 0 bridgehead atoms. The van der Waals surface area contributed by atoms with Crippen molar-refractivity contribution in [1.29, 1.82) is 0 Å². The van der Waals surface area contributed by atoms with E-state index in [1.54, 1.807) is 0 Å². The fraction of sp³-hybridized carbons (Fsp3) is 0.600. The quantitative estimate of drug-likeness (QED) is 0.428. The lowest BCUT2D eigenvalue weighted by Gasteiger charge is -2.47. The summed E-state index contributed by atoms with van der Waals surface area (Å²) in [5.74, 6) is 1.20. The normalized spacial score (nSPS) is 32.7. The van der Waals surface area contributed by atoms with E-state index < -0.39 is 6.17 Å². The van der Waals surface area contributed by atoms with Crippen LogP contribution < -0.4 is 35.1 Å². The second kappa shape index (κ2) is 12.4. The lowest BCUT2D eigenvalue weighted by Crippen LogP contribution is -3.00. The minimum atomic E-state index is -0.673. The van der Waals surface area contributed by atoms with E-state index in [1.807, 2.05) is 6.07 Å². The first-order valence-corrected chi connectivity index (χ1v) is 14.5. The third-order valence-electron chi connectivity index (χ3n) is 9.90. The maximum absolute atomic E-state index is 14.5. The number of halogens is 4. The average molecular weight is 583 g/mol. The van der Waals surface area contributed by atoms with Gasteiger partial charge in [0.2, 0.25) is 5.91 Å². The number of aryl methyl sites for hydroxylation is 1. The summed E-state index contributed by atoms with van der Waals surface area (Å²) >= 11 is 6.31.